The number of fused-ring (bicyclic) bond motifs is 2. The van der Waals surface area contributed by atoms with Crippen molar-refractivity contribution in [2.24, 2.45) is 0 Å². The number of hydrogen-bond donors (Lipinski definition) is 0. The molecule has 9 aromatic rings. The van der Waals surface area contributed by atoms with Crippen LogP contribution in [0.1, 0.15) is 218 Å². The minimum atomic E-state index is -0.623. The van der Waals surface area contributed by atoms with Gasteiger partial charge in [0.15, 0.2) is 0 Å². The zero-order valence-electron chi connectivity index (χ0n) is 56.5. The summed E-state index contributed by atoms with van der Waals surface area (Å²) in [7, 11) is 0. The van der Waals surface area contributed by atoms with Crippen LogP contribution in [0.15, 0.2) is 134 Å². The van der Waals surface area contributed by atoms with E-state index in [0.717, 1.165) is 72.1 Å². The molecule has 11 rings (SSSR count). The summed E-state index contributed by atoms with van der Waals surface area (Å²) >= 11 is 0. The number of allylic oxidation sites excluding steroid dienone is 1. The van der Waals surface area contributed by atoms with Crippen LogP contribution in [0.25, 0.3) is 43.1 Å². The Kier molecular flexibility index (Phi) is 18.2. The average Bonchev–Trinajstić information content (AvgIpc) is 0.674. The predicted octanol–water partition coefficient (Wildman–Crippen LogP) is 20.9. The number of carbonyl (C=O) groups excluding carboxylic acids is 5. The molecule has 2 aliphatic heterocycles. The molecule has 0 atom stereocenters. The van der Waals surface area contributed by atoms with Crippen LogP contribution in [-0.4, -0.2) is 59.1 Å². The quantitative estimate of drug-likeness (QED) is 0.0152. The summed E-state index contributed by atoms with van der Waals surface area (Å²) in [5, 5.41) is 3.25. The zero-order chi connectivity index (χ0) is 66.5. The molecule has 12 heteroatoms. The smallest absolute Gasteiger partial charge is 0.305 e. The van der Waals surface area contributed by atoms with E-state index in [1.54, 1.807) is 24.3 Å². The number of esters is 1. The molecule has 0 unspecified atom stereocenters. The summed E-state index contributed by atoms with van der Waals surface area (Å²) in [5.74, 6) is 0.148. The van der Waals surface area contributed by atoms with Gasteiger partial charge < -0.3 is 23.7 Å². The van der Waals surface area contributed by atoms with E-state index < -0.39 is 29.6 Å². The fourth-order valence-corrected chi connectivity index (χ4v) is 12.8. The Balaban J connectivity index is 1.23. The Bertz CT molecular complexity index is 4110. The number of amides is 4. The first-order valence-electron chi connectivity index (χ1n) is 33.1. The van der Waals surface area contributed by atoms with Crippen LogP contribution in [0.5, 0.6) is 46.0 Å². The molecule has 12 nitrogen and oxygen atoms in total. The van der Waals surface area contributed by atoms with E-state index in [2.05, 4.69) is 89.7 Å². The van der Waals surface area contributed by atoms with Gasteiger partial charge in [0.1, 0.15) is 52.6 Å². The van der Waals surface area contributed by atoms with Gasteiger partial charge in [-0.15, -0.1) is 6.58 Å². The Morgan fingerprint density at radius 1 is 0.387 bits per heavy atom. The topological polar surface area (TPSA) is 138 Å². The third kappa shape index (κ3) is 13.2. The van der Waals surface area contributed by atoms with Crippen molar-refractivity contribution in [1.29, 1.82) is 0 Å². The van der Waals surface area contributed by atoms with Gasteiger partial charge in [0, 0.05) is 56.1 Å². The van der Waals surface area contributed by atoms with Crippen LogP contribution in [0.4, 0.5) is 0 Å². The number of nitrogens with zero attached hydrogens (tertiary/aromatic N) is 2. The van der Waals surface area contributed by atoms with Gasteiger partial charge in [-0.1, -0.05) is 177 Å². The molecular weight excluding hydrogens is 1160 g/mol. The largest absolute Gasteiger partial charge is 0.464 e. The number of carbonyl (C=O) groups is 5. The highest BCUT2D eigenvalue weighted by molar-refractivity contribution is 6.44. The summed E-state index contributed by atoms with van der Waals surface area (Å²) in [6.45, 7) is 31.2. The standard InChI is InChI=1S/C81H88N2O10/c1-15-17-19-20-21-22-23-24-25-65(84)89-44-43-83-76(87)59-47-63(92-55-38-30-51(31-39-55)80(9,10)11)70-68-61(90-53-34-26-49(27-35-53)78(3,4)5)45-57-66-58(75(86)82(74(57)85)42-18-16-2)46-62(91-54-36-28-50(29-37-54)79(6,7)8)69(72(66)68)71-64(48-60(77(83)88)67(59)73(70)71)93-56-40-32-52(33-41-56)81(12,13)14/h15,26-41,45-48H,1,16-25,42-44H2,2-14H3. The lowest BCUT2D eigenvalue weighted by atomic mass is 9.80. The third-order valence-corrected chi connectivity index (χ3v) is 18.2. The second kappa shape index (κ2) is 25.8. The molecule has 482 valence electrons. The molecule has 9 aromatic carbocycles. The summed E-state index contributed by atoms with van der Waals surface area (Å²) in [5.41, 5.74) is 4.33. The molecule has 93 heavy (non-hydrogen) atoms. The molecule has 0 bridgehead atoms. The van der Waals surface area contributed by atoms with Gasteiger partial charge in [-0.25, -0.2) is 0 Å². The summed E-state index contributed by atoms with van der Waals surface area (Å²) in [6.07, 6.45) is 10.3. The minimum absolute atomic E-state index is 0.151. The van der Waals surface area contributed by atoms with E-state index in [1.807, 2.05) is 110 Å². The normalized spacial score (nSPS) is 13.7. The molecule has 0 fully saturated rings. The van der Waals surface area contributed by atoms with Crippen LogP contribution in [-0.2, 0) is 31.2 Å². The van der Waals surface area contributed by atoms with E-state index in [-0.39, 0.29) is 93.0 Å². The summed E-state index contributed by atoms with van der Waals surface area (Å²) in [6, 6.07) is 38.2. The number of rotatable bonds is 23. The molecular formula is C81H88N2O10. The maximum atomic E-state index is 15.7. The minimum Gasteiger partial charge on any atom is -0.464 e. The maximum Gasteiger partial charge on any atom is 0.305 e. The molecule has 0 N–H and O–H groups in total. The summed E-state index contributed by atoms with van der Waals surface area (Å²) in [4.78, 5) is 78.1. The van der Waals surface area contributed by atoms with Crippen molar-refractivity contribution >= 4 is 72.7 Å². The molecule has 2 aliphatic rings. The van der Waals surface area contributed by atoms with Crippen LogP contribution >= 0.6 is 0 Å². The molecule has 0 saturated heterocycles. The van der Waals surface area contributed by atoms with Crippen molar-refractivity contribution in [3.63, 3.8) is 0 Å². The molecule has 0 aliphatic carbocycles. The molecule has 0 aromatic heterocycles. The SMILES string of the molecule is C=CCCCCCCCCC(=O)OCCN1C(=O)c2cc(Oc3ccc(C(C)(C)C)cc3)c3c4c(Oc5ccc(C(C)(C)C)cc5)cc5c6c(cc(Oc7ccc(C(C)(C)C)cc7)c(c7c(Oc8ccc(C(C)(C)C)cc8)cc(c2c37)C1=O)c64)C(=O)N(CCCC)C5=O. The number of hydrogen-bond acceptors (Lipinski definition) is 10. The highest BCUT2D eigenvalue weighted by atomic mass is 16.5. The van der Waals surface area contributed by atoms with Crippen molar-refractivity contribution in [3.8, 4) is 46.0 Å². The lowest BCUT2D eigenvalue weighted by Gasteiger charge is -2.32. The molecule has 0 spiro atoms. The first-order chi connectivity index (χ1) is 44.2. The van der Waals surface area contributed by atoms with Gasteiger partial charge in [-0.2, -0.15) is 0 Å². The van der Waals surface area contributed by atoms with Crippen LogP contribution in [0.3, 0.4) is 0 Å². The van der Waals surface area contributed by atoms with Crippen LogP contribution in [0, 0.1) is 0 Å². The molecule has 4 amide bonds. The average molecular weight is 1250 g/mol. The van der Waals surface area contributed by atoms with E-state index in [4.69, 9.17) is 23.7 Å². The van der Waals surface area contributed by atoms with Crippen LogP contribution in [0.2, 0.25) is 0 Å². The number of benzene rings is 9. The molecule has 0 saturated carbocycles. The Morgan fingerprint density at radius 2 is 0.677 bits per heavy atom. The predicted molar refractivity (Wildman–Crippen MR) is 372 cm³/mol. The number of imide groups is 2. The van der Waals surface area contributed by atoms with E-state index in [9.17, 15) is 4.79 Å². The van der Waals surface area contributed by atoms with Gasteiger partial charge in [0.05, 0.1) is 28.8 Å². The monoisotopic (exact) mass is 1250 g/mol. The second-order valence-corrected chi connectivity index (χ2v) is 29.2. The highest BCUT2D eigenvalue weighted by Crippen LogP contribution is 2.58. The van der Waals surface area contributed by atoms with Crippen molar-refractivity contribution in [2.45, 2.75) is 176 Å². The van der Waals surface area contributed by atoms with Crippen molar-refractivity contribution in [1.82, 2.24) is 9.80 Å². The van der Waals surface area contributed by atoms with Gasteiger partial charge in [0.25, 0.3) is 23.6 Å². The van der Waals surface area contributed by atoms with Crippen LogP contribution < -0.4 is 18.9 Å². The first kappa shape index (κ1) is 65.5. The lowest BCUT2D eigenvalue weighted by Crippen LogP contribution is -2.42. The summed E-state index contributed by atoms with van der Waals surface area (Å²) < 4.78 is 34.8. The second-order valence-electron chi connectivity index (χ2n) is 29.2. The fourth-order valence-electron chi connectivity index (χ4n) is 12.8. The Hall–Kier alpha value is -9.03. The zero-order valence-corrected chi connectivity index (χ0v) is 56.5. The van der Waals surface area contributed by atoms with Crippen molar-refractivity contribution < 1.29 is 47.7 Å². The van der Waals surface area contributed by atoms with Gasteiger partial charge in [-0.3, -0.25) is 33.8 Å². The van der Waals surface area contributed by atoms with E-state index in [1.165, 1.54) is 4.90 Å². The highest BCUT2D eigenvalue weighted by Gasteiger charge is 2.42. The Labute approximate surface area is 547 Å². The lowest BCUT2D eigenvalue weighted by molar-refractivity contribution is -0.144. The van der Waals surface area contributed by atoms with Crippen molar-refractivity contribution in [3.05, 3.63) is 178 Å². The van der Waals surface area contributed by atoms with Crippen molar-refractivity contribution in [2.75, 3.05) is 19.7 Å². The fraction of sp³-hybridized carbons (Fsp3) is 0.370. The van der Waals surface area contributed by atoms with Gasteiger partial charge in [0.2, 0.25) is 0 Å². The van der Waals surface area contributed by atoms with E-state index in [0.29, 0.717) is 78.9 Å². The number of ether oxygens (including phenoxy) is 5. The number of unbranched alkanes of at least 4 members (excludes halogenated alkanes) is 7. The van der Waals surface area contributed by atoms with Gasteiger partial charge in [-0.05, 0) is 142 Å². The molecule has 0 radical (unpaired) electrons. The first-order valence-corrected chi connectivity index (χ1v) is 33.1. The van der Waals surface area contributed by atoms with Gasteiger partial charge >= 0.3 is 5.97 Å². The molecule has 2 heterocycles. The third-order valence-electron chi connectivity index (χ3n) is 18.2. The van der Waals surface area contributed by atoms with E-state index >= 15 is 19.2 Å². The maximum absolute atomic E-state index is 15.7. The Morgan fingerprint density at radius 3 is 0.968 bits per heavy atom.